The summed E-state index contributed by atoms with van der Waals surface area (Å²) in [4.78, 5) is 0. The summed E-state index contributed by atoms with van der Waals surface area (Å²) in [5.41, 5.74) is 0.839. The van der Waals surface area contributed by atoms with E-state index in [-0.39, 0.29) is 5.82 Å². The highest BCUT2D eigenvalue weighted by Crippen LogP contribution is 2.14. The fraction of sp³-hybridized carbons (Fsp3) is 0.600. The van der Waals surface area contributed by atoms with Gasteiger partial charge in [0.2, 0.25) is 0 Å². The van der Waals surface area contributed by atoms with E-state index >= 15 is 0 Å². The minimum atomic E-state index is -0.0743. The number of nitrogens with one attached hydrogen (secondary N) is 1. The fourth-order valence-corrected chi connectivity index (χ4v) is 1.91. The lowest BCUT2D eigenvalue weighted by Gasteiger charge is -2.17. The van der Waals surface area contributed by atoms with Crippen molar-refractivity contribution in [3.63, 3.8) is 0 Å². The molecule has 2 heteroatoms. The smallest absolute Gasteiger partial charge is 0.126 e. The maximum Gasteiger partial charge on any atom is 0.126 e. The Morgan fingerprint density at radius 3 is 2.47 bits per heavy atom. The van der Waals surface area contributed by atoms with Crippen molar-refractivity contribution < 1.29 is 4.39 Å². The van der Waals surface area contributed by atoms with Crippen LogP contribution in [0, 0.1) is 17.7 Å². The van der Waals surface area contributed by atoms with Crippen LogP contribution < -0.4 is 5.32 Å². The van der Waals surface area contributed by atoms with E-state index in [0.29, 0.717) is 11.8 Å². The van der Waals surface area contributed by atoms with Crippen molar-refractivity contribution in [1.82, 2.24) is 5.32 Å². The summed E-state index contributed by atoms with van der Waals surface area (Å²) in [6.45, 7) is 8.58. The first-order chi connectivity index (χ1) is 8.13. The molecule has 0 aliphatic rings. The Balaban J connectivity index is 2.44. The van der Waals surface area contributed by atoms with Crippen LogP contribution in [0.15, 0.2) is 24.3 Å². The molecular weight excluding hydrogens is 213 g/mol. The Hall–Kier alpha value is -0.890. The van der Waals surface area contributed by atoms with Crippen molar-refractivity contribution in [2.45, 2.75) is 33.6 Å². The standard InChI is InChI=1S/C15H24FN/c1-4-13(11-17-10-12(2)3)9-14-7-5-6-8-15(14)16/h5-8,12-13,17H,4,9-11H2,1-3H3. The van der Waals surface area contributed by atoms with Gasteiger partial charge >= 0.3 is 0 Å². The van der Waals surface area contributed by atoms with Crippen LogP contribution in [0.4, 0.5) is 4.39 Å². The van der Waals surface area contributed by atoms with E-state index in [4.69, 9.17) is 0 Å². The van der Waals surface area contributed by atoms with E-state index < -0.39 is 0 Å². The summed E-state index contributed by atoms with van der Waals surface area (Å²) < 4.78 is 13.5. The van der Waals surface area contributed by atoms with Crippen LogP contribution in [-0.4, -0.2) is 13.1 Å². The van der Waals surface area contributed by atoms with Gasteiger partial charge in [-0.15, -0.1) is 0 Å². The molecule has 1 rings (SSSR count). The molecule has 0 saturated carbocycles. The topological polar surface area (TPSA) is 12.0 Å². The van der Waals surface area contributed by atoms with Crippen LogP contribution in [0.2, 0.25) is 0 Å². The van der Waals surface area contributed by atoms with Gasteiger partial charge in [0, 0.05) is 0 Å². The average Bonchev–Trinajstić information content (AvgIpc) is 2.30. The van der Waals surface area contributed by atoms with E-state index in [1.807, 2.05) is 12.1 Å². The molecule has 0 saturated heterocycles. The summed E-state index contributed by atoms with van der Waals surface area (Å²) in [6, 6.07) is 7.09. The van der Waals surface area contributed by atoms with E-state index in [1.165, 1.54) is 0 Å². The predicted octanol–water partition coefficient (Wildman–Crippen LogP) is 3.64. The van der Waals surface area contributed by atoms with Gasteiger partial charge in [-0.05, 0) is 43.0 Å². The lowest BCUT2D eigenvalue weighted by molar-refractivity contribution is 0.431. The normalized spacial score (nSPS) is 13.0. The minimum Gasteiger partial charge on any atom is -0.316 e. The van der Waals surface area contributed by atoms with E-state index in [2.05, 4.69) is 26.1 Å². The molecule has 0 amide bonds. The molecule has 0 fully saturated rings. The zero-order valence-corrected chi connectivity index (χ0v) is 11.2. The molecule has 0 radical (unpaired) electrons. The van der Waals surface area contributed by atoms with Gasteiger partial charge in [0.15, 0.2) is 0 Å². The highest BCUT2D eigenvalue weighted by molar-refractivity contribution is 5.17. The van der Waals surface area contributed by atoms with Crippen LogP contribution in [0.5, 0.6) is 0 Å². The second-order valence-corrected chi connectivity index (χ2v) is 5.12. The maximum atomic E-state index is 13.5. The van der Waals surface area contributed by atoms with Crippen molar-refractivity contribution in [2.24, 2.45) is 11.8 Å². The average molecular weight is 237 g/mol. The monoisotopic (exact) mass is 237 g/mol. The van der Waals surface area contributed by atoms with Gasteiger partial charge < -0.3 is 5.32 Å². The predicted molar refractivity (Wildman–Crippen MR) is 71.6 cm³/mol. The second-order valence-electron chi connectivity index (χ2n) is 5.12. The molecule has 0 heterocycles. The van der Waals surface area contributed by atoms with E-state index in [1.54, 1.807) is 12.1 Å². The van der Waals surface area contributed by atoms with Crippen molar-refractivity contribution in [3.05, 3.63) is 35.6 Å². The SMILES string of the molecule is CCC(CNCC(C)C)Cc1ccccc1F. The number of benzene rings is 1. The Morgan fingerprint density at radius 2 is 1.88 bits per heavy atom. The highest BCUT2D eigenvalue weighted by Gasteiger charge is 2.10. The zero-order valence-electron chi connectivity index (χ0n) is 11.2. The van der Waals surface area contributed by atoms with Gasteiger partial charge in [-0.2, -0.15) is 0 Å². The van der Waals surface area contributed by atoms with Crippen LogP contribution in [-0.2, 0) is 6.42 Å². The largest absolute Gasteiger partial charge is 0.316 e. The second kappa shape index (κ2) is 7.44. The van der Waals surface area contributed by atoms with Crippen LogP contribution in [0.1, 0.15) is 32.8 Å². The van der Waals surface area contributed by atoms with Crippen molar-refractivity contribution in [3.8, 4) is 0 Å². The van der Waals surface area contributed by atoms with Gasteiger partial charge in [0.05, 0.1) is 0 Å². The third-order valence-corrected chi connectivity index (χ3v) is 3.03. The number of rotatable bonds is 7. The Labute approximate surface area is 104 Å². The lowest BCUT2D eigenvalue weighted by atomic mass is 9.96. The molecule has 1 nitrogen and oxygen atoms in total. The maximum absolute atomic E-state index is 13.5. The summed E-state index contributed by atoms with van der Waals surface area (Å²) >= 11 is 0. The summed E-state index contributed by atoms with van der Waals surface area (Å²) in [5, 5.41) is 3.45. The van der Waals surface area contributed by atoms with Crippen LogP contribution in [0.3, 0.4) is 0 Å². The summed E-state index contributed by atoms with van der Waals surface area (Å²) in [6.07, 6.45) is 1.91. The number of hydrogen-bond acceptors (Lipinski definition) is 1. The van der Waals surface area contributed by atoms with Crippen molar-refractivity contribution in [1.29, 1.82) is 0 Å². The first-order valence-electron chi connectivity index (χ1n) is 6.57. The molecule has 17 heavy (non-hydrogen) atoms. The molecule has 1 atom stereocenters. The fourth-order valence-electron chi connectivity index (χ4n) is 1.91. The van der Waals surface area contributed by atoms with E-state index in [0.717, 1.165) is 31.5 Å². The molecule has 0 aliphatic carbocycles. The quantitative estimate of drug-likeness (QED) is 0.763. The van der Waals surface area contributed by atoms with Gasteiger partial charge in [-0.1, -0.05) is 45.4 Å². The molecule has 1 unspecified atom stereocenters. The van der Waals surface area contributed by atoms with Crippen LogP contribution >= 0.6 is 0 Å². The molecular formula is C15H24FN. The molecule has 0 bridgehead atoms. The molecule has 1 aromatic rings. The first-order valence-corrected chi connectivity index (χ1v) is 6.57. The molecule has 0 aromatic heterocycles. The Kier molecular flexibility index (Phi) is 6.20. The van der Waals surface area contributed by atoms with Gasteiger partial charge in [-0.25, -0.2) is 4.39 Å². The van der Waals surface area contributed by atoms with Gasteiger partial charge in [0.25, 0.3) is 0 Å². The third kappa shape index (κ3) is 5.31. The highest BCUT2D eigenvalue weighted by atomic mass is 19.1. The van der Waals surface area contributed by atoms with E-state index in [9.17, 15) is 4.39 Å². The molecule has 1 N–H and O–H groups in total. The van der Waals surface area contributed by atoms with Crippen LogP contribution in [0.25, 0.3) is 0 Å². The first kappa shape index (κ1) is 14.2. The minimum absolute atomic E-state index is 0.0743. The summed E-state index contributed by atoms with van der Waals surface area (Å²) in [5.74, 6) is 1.11. The lowest BCUT2D eigenvalue weighted by Crippen LogP contribution is -2.27. The molecule has 0 spiro atoms. The number of hydrogen-bond donors (Lipinski definition) is 1. The summed E-state index contributed by atoms with van der Waals surface area (Å²) in [7, 11) is 0. The van der Waals surface area contributed by atoms with Crippen molar-refractivity contribution >= 4 is 0 Å². The molecule has 1 aromatic carbocycles. The van der Waals surface area contributed by atoms with Gasteiger partial charge in [-0.3, -0.25) is 0 Å². The zero-order chi connectivity index (χ0) is 12.7. The molecule has 0 aliphatic heterocycles. The Bertz CT molecular complexity index is 322. The third-order valence-electron chi connectivity index (χ3n) is 3.03. The van der Waals surface area contributed by atoms with Crippen molar-refractivity contribution in [2.75, 3.05) is 13.1 Å². The number of halogens is 1. The van der Waals surface area contributed by atoms with Gasteiger partial charge in [0.1, 0.15) is 5.82 Å². The Morgan fingerprint density at radius 1 is 1.18 bits per heavy atom. The molecule has 96 valence electrons.